The number of carbonyl (C=O) groups is 2. The number of rotatable bonds is 9. The van der Waals surface area contributed by atoms with Gasteiger partial charge in [-0.25, -0.2) is 9.78 Å². The minimum Gasteiger partial charge on any atom is -0.508 e. The number of hydrogen-bond donors (Lipinski definition) is 3. The summed E-state index contributed by atoms with van der Waals surface area (Å²) < 4.78 is 0. The van der Waals surface area contributed by atoms with E-state index >= 15 is 0 Å². The minimum absolute atomic E-state index is 0.0440. The molecule has 0 spiro atoms. The third-order valence-corrected chi connectivity index (χ3v) is 6.72. The molecule has 2 aromatic heterocycles. The Morgan fingerprint density at radius 1 is 0.973 bits per heavy atom. The van der Waals surface area contributed by atoms with Crippen molar-refractivity contribution in [1.29, 1.82) is 0 Å². The second-order valence-corrected chi connectivity index (χ2v) is 9.18. The van der Waals surface area contributed by atoms with Crippen LogP contribution in [0.5, 0.6) is 5.75 Å². The molecule has 2 heterocycles. The van der Waals surface area contributed by atoms with Gasteiger partial charge in [-0.05, 0) is 66.4 Å². The fourth-order valence-electron chi connectivity index (χ4n) is 3.73. The second kappa shape index (κ2) is 13.4. The fraction of sp³-hybridized carbons (Fsp3) is 0.241. The summed E-state index contributed by atoms with van der Waals surface area (Å²) in [6.45, 7) is 5.97. The van der Waals surface area contributed by atoms with Crippen LogP contribution in [-0.4, -0.2) is 38.1 Å². The van der Waals surface area contributed by atoms with Crippen molar-refractivity contribution in [2.75, 3.05) is 0 Å². The maximum absolute atomic E-state index is 13.0. The van der Waals surface area contributed by atoms with Gasteiger partial charge in [0.15, 0.2) is 0 Å². The number of thioether (sulfide) groups is 1. The maximum Gasteiger partial charge on any atom is 0.336 e. The van der Waals surface area contributed by atoms with Gasteiger partial charge in [-0.3, -0.25) is 9.78 Å². The highest BCUT2D eigenvalue weighted by Gasteiger charge is 2.19. The van der Waals surface area contributed by atoms with Gasteiger partial charge < -0.3 is 15.5 Å². The first-order valence-corrected chi connectivity index (χ1v) is 13.2. The molecule has 0 saturated heterocycles. The van der Waals surface area contributed by atoms with Crippen molar-refractivity contribution in [3.05, 3.63) is 95.4 Å². The van der Waals surface area contributed by atoms with Gasteiger partial charge in [0, 0.05) is 34.5 Å². The summed E-state index contributed by atoms with van der Waals surface area (Å²) in [5, 5.41) is 22.8. The predicted molar refractivity (Wildman–Crippen MR) is 147 cm³/mol. The van der Waals surface area contributed by atoms with Crippen molar-refractivity contribution >= 4 is 34.5 Å². The molecule has 37 heavy (non-hydrogen) atoms. The summed E-state index contributed by atoms with van der Waals surface area (Å²) in [6, 6.07) is 17.3. The number of carbonyl (C=O) groups excluding carboxylic acids is 1. The number of nitrogens with zero attached hydrogens (tertiary/aromatic N) is 2. The number of benzene rings is 2. The first-order chi connectivity index (χ1) is 17.9. The van der Waals surface area contributed by atoms with Gasteiger partial charge in [0.05, 0.1) is 11.1 Å². The molecule has 0 radical (unpaired) electrons. The summed E-state index contributed by atoms with van der Waals surface area (Å²) >= 11 is 1.63. The lowest BCUT2D eigenvalue weighted by atomic mass is 10.0. The summed E-state index contributed by atoms with van der Waals surface area (Å²) in [5.74, 6) is -0.679. The molecule has 192 valence electrons. The van der Waals surface area contributed by atoms with Gasteiger partial charge in [0.2, 0.25) is 0 Å². The van der Waals surface area contributed by atoms with E-state index in [0.717, 1.165) is 16.0 Å². The fourth-order valence-corrected chi connectivity index (χ4v) is 4.56. The van der Waals surface area contributed by atoms with Gasteiger partial charge in [-0.1, -0.05) is 39.0 Å². The van der Waals surface area contributed by atoms with Gasteiger partial charge in [0.25, 0.3) is 5.91 Å². The zero-order chi connectivity index (χ0) is 26.8. The van der Waals surface area contributed by atoms with Crippen LogP contribution in [-0.2, 0) is 12.2 Å². The summed E-state index contributed by atoms with van der Waals surface area (Å²) in [6.07, 6.45) is 4.73. The van der Waals surface area contributed by atoms with Gasteiger partial charge in [-0.2, -0.15) is 0 Å². The van der Waals surface area contributed by atoms with E-state index in [0.29, 0.717) is 29.5 Å². The molecule has 0 aliphatic heterocycles. The van der Waals surface area contributed by atoms with Crippen LogP contribution >= 0.6 is 11.8 Å². The molecular formula is C29H31N3O4S. The van der Waals surface area contributed by atoms with Crippen molar-refractivity contribution in [3.8, 4) is 5.75 Å². The summed E-state index contributed by atoms with van der Waals surface area (Å²) in [7, 11) is 0. The van der Waals surface area contributed by atoms with Crippen LogP contribution in [0.4, 0.5) is 0 Å². The van der Waals surface area contributed by atoms with E-state index < -0.39 is 11.9 Å². The van der Waals surface area contributed by atoms with Crippen LogP contribution in [0.1, 0.15) is 59.2 Å². The van der Waals surface area contributed by atoms with E-state index in [1.807, 2.05) is 57.2 Å². The van der Waals surface area contributed by atoms with Crippen molar-refractivity contribution < 1.29 is 19.8 Å². The van der Waals surface area contributed by atoms with Gasteiger partial charge in [0.1, 0.15) is 11.4 Å². The zero-order valence-corrected chi connectivity index (χ0v) is 22.0. The SMILES string of the molecule is CC.CC[C@H](Cc1ccc(O)cc1)NC(=O)c1cc(C(=O)O)c2cc(CSc3ccncc3)ccc2n1. The molecule has 1 amide bonds. The first-order valence-electron chi connectivity index (χ1n) is 12.2. The quantitative estimate of drug-likeness (QED) is 0.230. The average molecular weight is 518 g/mol. The van der Waals surface area contributed by atoms with Crippen LogP contribution in [0, 0.1) is 0 Å². The second-order valence-electron chi connectivity index (χ2n) is 8.13. The van der Waals surface area contributed by atoms with E-state index in [1.165, 1.54) is 6.07 Å². The molecule has 0 aliphatic carbocycles. The van der Waals surface area contributed by atoms with E-state index in [1.54, 1.807) is 42.4 Å². The van der Waals surface area contributed by atoms with Crippen molar-refractivity contribution in [2.24, 2.45) is 0 Å². The molecule has 3 N–H and O–H groups in total. The molecule has 0 aliphatic rings. The van der Waals surface area contributed by atoms with E-state index in [-0.39, 0.29) is 23.0 Å². The molecule has 0 unspecified atom stereocenters. The average Bonchev–Trinajstić information content (AvgIpc) is 2.93. The normalized spacial score (nSPS) is 11.3. The predicted octanol–water partition coefficient (Wildman–Crippen LogP) is 6.10. The lowest BCUT2D eigenvalue weighted by Gasteiger charge is -2.17. The van der Waals surface area contributed by atoms with Crippen molar-refractivity contribution in [1.82, 2.24) is 15.3 Å². The summed E-state index contributed by atoms with van der Waals surface area (Å²) in [4.78, 5) is 34.6. The zero-order valence-electron chi connectivity index (χ0n) is 21.1. The molecule has 0 fully saturated rings. The van der Waals surface area contributed by atoms with E-state index in [2.05, 4.69) is 15.3 Å². The number of aromatic carboxylic acids is 1. The Bertz CT molecular complexity index is 1340. The molecule has 0 saturated carbocycles. The lowest BCUT2D eigenvalue weighted by molar-refractivity contribution is 0.0699. The topological polar surface area (TPSA) is 112 Å². The third-order valence-electron chi connectivity index (χ3n) is 5.64. The number of amides is 1. The van der Waals surface area contributed by atoms with Crippen molar-refractivity contribution in [3.63, 3.8) is 0 Å². The first kappa shape index (κ1) is 27.7. The Balaban J connectivity index is 0.00000186. The Kier molecular flexibility index (Phi) is 10.0. The van der Waals surface area contributed by atoms with Crippen LogP contribution in [0.15, 0.2) is 78.0 Å². The van der Waals surface area contributed by atoms with E-state index in [4.69, 9.17) is 0 Å². The largest absolute Gasteiger partial charge is 0.508 e. The number of pyridine rings is 2. The highest BCUT2D eigenvalue weighted by atomic mass is 32.2. The number of aromatic hydroxyl groups is 1. The third kappa shape index (κ3) is 7.54. The molecule has 1 atom stereocenters. The Hall–Kier alpha value is -3.91. The molecule has 0 bridgehead atoms. The number of phenolic OH excluding ortho intramolecular Hbond substituents is 1. The van der Waals surface area contributed by atoms with Gasteiger partial charge in [-0.15, -0.1) is 11.8 Å². The molecular weight excluding hydrogens is 486 g/mol. The van der Waals surface area contributed by atoms with Crippen LogP contribution in [0.25, 0.3) is 10.9 Å². The van der Waals surface area contributed by atoms with Crippen LogP contribution in [0.3, 0.4) is 0 Å². The highest BCUT2D eigenvalue weighted by Crippen LogP contribution is 2.26. The number of carboxylic acid groups (broad SMARTS) is 1. The number of carboxylic acids is 1. The molecule has 2 aromatic carbocycles. The standard InChI is InChI=1S/C27H25N3O4S.C2H6/c1-2-19(13-17-3-6-20(31)7-4-17)29-26(32)25-15-23(27(33)34)22-14-18(5-8-24(22)30-25)16-35-21-9-11-28-12-10-21;1-2/h3-12,14-15,19,31H,2,13,16H2,1H3,(H,29,32)(H,33,34);1-2H3/t19-;/m1./s1. The van der Waals surface area contributed by atoms with Crippen LogP contribution < -0.4 is 5.32 Å². The van der Waals surface area contributed by atoms with E-state index in [9.17, 15) is 19.8 Å². The molecule has 8 heteroatoms. The Labute approximate surface area is 221 Å². The lowest BCUT2D eigenvalue weighted by Crippen LogP contribution is -2.36. The molecule has 4 rings (SSSR count). The number of aromatic nitrogens is 2. The Morgan fingerprint density at radius 3 is 2.30 bits per heavy atom. The Morgan fingerprint density at radius 2 is 1.65 bits per heavy atom. The number of phenols is 1. The monoisotopic (exact) mass is 517 g/mol. The smallest absolute Gasteiger partial charge is 0.336 e. The maximum atomic E-state index is 13.0. The van der Waals surface area contributed by atoms with Crippen LogP contribution in [0.2, 0.25) is 0 Å². The number of nitrogens with one attached hydrogen (secondary N) is 1. The van der Waals surface area contributed by atoms with Gasteiger partial charge >= 0.3 is 5.97 Å². The van der Waals surface area contributed by atoms with Crippen molar-refractivity contribution in [2.45, 2.75) is 50.3 Å². The molecule has 4 aromatic rings. The summed E-state index contributed by atoms with van der Waals surface area (Å²) in [5.41, 5.74) is 2.50. The number of fused-ring (bicyclic) bond motifs is 1. The number of hydrogen-bond acceptors (Lipinski definition) is 6. The highest BCUT2D eigenvalue weighted by molar-refractivity contribution is 7.98. The minimum atomic E-state index is -1.11. The molecule has 7 nitrogen and oxygen atoms in total.